The molecule has 20 rings (SSSR count). The van der Waals surface area contributed by atoms with Gasteiger partial charge in [-0.15, -0.1) is 0 Å². The van der Waals surface area contributed by atoms with Gasteiger partial charge in [-0.3, -0.25) is 0 Å². The molecule has 0 nitrogen and oxygen atoms in total. The second-order valence-electron chi connectivity index (χ2n) is 33.4. The Bertz CT molecular complexity index is 2160. The van der Waals surface area contributed by atoms with E-state index < -0.39 is 46.1 Å². The zero-order valence-corrected chi connectivity index (χ0v) is 52.2. The molecule has 16 aliphatic carbocycles. The molecule has 0 atom stereocenters. The third-order valence-electron chi connectivity index (χ3n) is 30.1. The van der Waals surface area contributed by atoms with Crippen LogP contribution in [0.4, 0.5) is 0 Å². The van der Waals surface area contributed by atoms with E-state index in [1.165, 1.54) is 0 Å². The first kappa shape index (κ1) is 45.9. The van der Waals surface area contributed by atoms with Crippen LogP contribution in [0.15, 0.2) is 60.7 Å². The molecule has 0 amide bonds. The van der Waals surface area contributed by atoms with Crippen LogP contribution in [0.5, 0.6) is 0 Å². The van der Waals surface area contributed by atoms with E-state index in [-0.39, 0.29) is 0 Å². The van der Waals surface area contributed by atoms with E-state index >= 15 is 0 Å². The molecule has 2 saturated heterocycles. The first-order valence-electron chi connectivity index (χ1n) is 31.2. The topological polar surface area (TPSA) is 0 Å². The van der Waals surface area contributed by atoms with Crippen molar-refractivity contribution in [2.24, 2.45) is 94.7 Å². The Hall–Kier alpha value is -0.259. The van der Waals surface area contributed by atoms with Crippen molar-refractivity contribution in [1.29, 1.82) is 0 Å². The molecule has 0 unspecified atom stereocenters. The van der Waals surface area contributed by atoms with Gasteiger partial charge in [0.2, 0.25) is 0 Å². The van der Waals surface area contributed by atoms with Gasteiger partial charge in [-0.2, -0.15) is 0 Å². The summed E-state index contributed by atoms with van der Waals surface area (Å²) in [7, 11) is -10.3. The fourth-order valence-electron chi connectivity index (χ4n) is 28.9. The predicted molar refractivity (Wildman–Crippen MR) is 309 cm³/mol. The van der Waals surface area contributed by atoms with Crippen LogP contribution >= 0.6 is 0 Å². The van der Waals surface area contributed by atoms with Crippen LogP contribution in [-0.2, 0) is 0 Å². The Balaban J connectivity index is 1.15. The largest absolute Gasteiger partial charge is 0.0938 e. The molecule has 6 heteroatoms. The third kappa shape index (κ3) is 4.61. The van der Waals surface area contributed by atoms with Crippen molar-refractivity contribution in [1.82, 2.24) is 0 Å². The van der Waals surface area contributed by atoms with Crippen molar-refractivity contribution in [3.8, 4) is 0 Å². The zero-order valence-electron chi connectivity index (χ0n) is 46.2. The van der Waals surface area contributed by atoms with Gasteiger partial charge in [0.15, 0.2) is 0 Å². The third-order valence-corrected chi connectivity index (χ3v) is 101. The van der Waals surface area contributed by atoms with Gasteiger partial charge in [0.1, 0.15) is 0 Å². The second-order valence-corrected chi connectivity index (χ2v) is 72.2. The highest BCUT2D eigenvalue weighted by molar-refractivity contribution is 7.62. The Labute approximate surface area is 433 Å². The monoisotopic (exact) mass is 1030 g/mol. The summed E-state index contributed by atoms with van der Waals surface area (Å²) in [5.41, 5.74) is 0. The molecule has 0 aromatic heterocycles. The van der Waals surface area contributed by atoms with Gasteiger partial charge in [-0.25, -0.2) is 0 Å². The van der Waals surface area contributed by atoms with Crippen LogP contribution < -0.4 is 10.4 Å². The number of benzene rings is 2. The van der Waals surface area contributed by atoms with Gasteiger partial charge in [-0.1, -0.05) is 139 Å². The summed E-state index contributed by atoms with van der Waals surface area (Å²) in [4.78, 5) is 0. The zero-order chi connectivity index (χ0) is 47.8. The van der Waals surface area contributed by atoms with Gasteiger partial charge in [0.25, 0.3) is 0 Å². The molecule has 2 aromatic carbocycles. The Kier molecular flexibility index (Phi) is 9.22. The van der Waals surface area contributed by atoms with E-state index in [4.69, 9.17) is 0 Å². The van der Waals surface area contributed by atoms with Gasteiger partial charge >= 0.3 is 0 Å². The van der Waals surface area contributed by atoms with E-state index in [9.17, 15) is 0 Å². The molecule has 4 spiro atoms. The van der Waals surface area contributed by atoms with Crippen molar-refractivity contribution >= 4 is 56.5 Å². The SMILES string of the molecule is CC(C)(C)[Si](C)(C)[Si]1(c2ccccc2)C2(C3CC4CC(C3)CC2C4)[Si](=[Si]2C3(C4CC5CC(C4)CC3C5)[Si](c3ccccc3)([Si](C)(C)C(C)(C)C)C23C2CC4CC(C2)CC3C4)C12C1CC3CC(C1)CC2C3. The van der Waals surface area contributed by atoms with E-state index in [1.807, 2.05) is 0 Å². The molecule has 18 aliphatic rings. The summed E-state index contributed by atoms with van der Waals surface area (Å²) in [6, 6.07) is 27.7. The van der Waals surface area contributed by atoms with Crippen molar-refractivity contribution < 1.29 is 0 Å². The molecule has 16 saturated carbocycles. The molecule has 2 aromatic rings. The summed E-state index contributed by atoms with van der Waals surface area (Å²) < 4.78 is 2.97. The molecule has 0 N–H and O–H groups in total. The summed E-state index contributed by atoms with van der Waals surface area (Å²) in [6.45, 7) is 30.4. The fourth-order valence-corrected chi connectivity index (χ4v) is 138. The highest BCUT2D eigenvalue weighted by Gasteiger charge is 2.97. The first-order chi connectivity index (χ1) is 33.3. The van der Waals surface area contributed by atoms with Gasteiger partial charge < -0.3 is 0 Å². The van der Waals surface area contributed by atoms with Crippen LogP contribution in [0.25, 0.3) is 0 Å². The van der Waals surface area contributed by atoms with Crippen LogP contribution in [0.3, 0.4) is 0 Å². The maximum absolute atomic E-state index is 3.23. The van der Waals surface area contributed by atoms with Crippen molar-refractivity contribution in [3.63, 3.8) is 0 Å². The molecule has 18 fully saturated rings. The van der Waals surface area contributed by atoms with E-state index in [2.05, 4.69) is 139 Å². The first-order valence-corrected chi connectivity index (χ1v) is 47.2. The lowest BCUT2D eigenvalue weighted by molar-refractivity contribution is -0.0438. The molecular formula is C64H96Si6. The lowest BCUT2D eigenvalue weighted by atomic mass is 9.54. The van der Waals surface area contributed by atoms with Crippen LogP contribution in [0.1, 0.15) is 170 Å². The lowest BCUT2D eigenvalue weighted by Gasteiger charge is -2.94. The summed E-state index contributed by atoms with van der Waals surface area (Å²) in [6.07, 6.45) is 33.6. The second kappa shape index (κ2) is 14.1. The lowest BCUT2D eigenvalue weighted by Crippen LogP contribution is -3.03. The molecule has 16 bridgehead atoms. The predicted octanol–water partition coefficient (Wildman–Crippen LogP) is 15.9. The number of hydrogen-bond donors (Lipinski definition) is 0. The van der Waals surface area contributed by atoms with Crippen molar-refractivity contribution in [3.05, 3.63) is 60.7 Å². The fraction of sp³-hybridized carbons (Fsp3) is 0.812. The van der Waals surface area contributed by atoms with E-state index in [0.717, 1.165) is 113 Å². The molecule has 2 aliphatic heterocycles. The van der Waals surface area contributed by atoms with Gasteiger partial charge in [0.05, 0.1) is 30.4 Å². The molecule has 2 heterocycles. The van der Waals surface area contributed by atoms with Crippen LogP contribution in [0, 0.1) is 94.7 Å². The van der Waals surface area contributed by atoms with Crippen LogP contribution in [0.2, 0.25) is 54.9 Å². The Morgan fingerprint density at radius 1 is 0.329 bits per heavy atom. The van der Waals surface area contributed by atoms with E-state index in [1.54, 1.807) is 128 Å². The van der Waals surface area contributed by atoms with E-state index in [0.29, 0.717) is 10.1 Å². The maximum Gasteiger partial charge on any atom is 0.0938 e. The summed E-state index contributed by atoms with van der Waals surface area (Å²) in [5, 5.41) is 5.14. The normalized spacial score (nSPS) is 53.9. The molecular weight excluding hydrogens is 937 g/mol. The van der Waals surface area contributed by atoms with Gasteiger partial charge in [0, 0.05) is 0 Å². The minimum atomic E-state index is -2.31. The molecule has 70 heavy (non-hydrogen) atoms. The maximum atomic E-state index is 3.23. The minimum Gasteiger partial charge on any atom is -0.0705 e. The average molecular weight is 1030 g/mol. The summed E-state index contributed by atoms with van der Waals surface area (Å²) in [5.74, 6) is 17.3. The highest BCUT2D eigenvalue weighted by atomic mass is 29.3. The Morgan fingerprint density at radius 2 is 0.514 bits per heavy atom. The van der Waals surface area contributed by atoms with Crippen LogP contribution in [-0.4, -0.2) is 46.1 Å². The summed E-state index contributed by atoms with van der Waals surface area (Å²) >= 11 is 0. The van der Waals surface area contributed by atoms with Crippen molar-refractivity contribution in [2.45, 2.75) is 225 Å². The van der Waals surface area contributed by atoms with Crippen molar-refractivity contribution in [2.75, 3.05) is 0 Å². The molecule has 0 radical (unpaired) electrons. The Morgan fingerprint density at radius 3 is 0.686 bits per heavy atom. The highest BCUT2D eigenvalue weighted by Crippen LogP contribution is 2.95. The standard InChI is InChI=1S/C64H96Si6/c1-59(2,3)67(7,8)69(57-17-13-11-14-18-57)61(49-25-41-21-42(27-49)28-50(61)26-41)65(62(69)51-29-43-22-44(31-51)32-52(62)30-43)66-63(53-33-45-23-46(35-53)36-54(63)34-45)70(58-19-15-12-16-20-58,68(9,10)60(4,5)6)64(66)55-37-47-24-48(39-55)40-56(64)38-47/h11-20,41-56H,21-40H2,1-10H3. The molecule has 376 valence electrons. The number of rotatable bonds is 4. The average Bonchev–Trinajstić information content (AvgIpc) is 3.28. The quantitative estimate of drug-likeness (QED) is 0.268. The number of hydrogen-bond acceptors (Lipinski definition) is 0. The smallest absolute Gasteiger partial charge is 0.0705 e. The minimum absolute atomic E-state index is 0.424. The van der Waals surface area contributed by atoms with Gasteiger partial charge in [-0.05, 0) is 268 Å².